The molecule has 0 saturated carbocycles. The minimum absolute atomic E-state index is 0.105. The quantitative estimate of drug-likeness (QED) is 0.648. The second-order valence-corrected chi connectivity index (χ2v) is 7.67. The highest BCUT2D eigenvalue weighted by Crippen LogP contribution is 2.39. The lowest BCUT2D eigenvalue weighted by Crippen LogP contribution is -2.21. The Kier molecular flexibility index (Phi) is 6.82. The van der Waals surface area contributed by atoms with Crippen LogP contribution in [0.4, 0.5) is 0 Å². The Morgan fingerprint density at radius 2 is 1.17 bits per heavy atom. The Morgan fingerprint density at radius 3 is 1.52 bits per heavy atom. The number of ether oxygens (including phenoxy) is 2. The summed E-state index contributed by atoms with van der Waals surface area (Å²) in [6.45, 7) is 7.05. The van der Waals surface area contributed by atoms with Crippen LogP contribution in [0.15, 0.2) is 24.3 Å². The molecule has 2 aromatic rings. The first-order valence-corrected chi connectivity index (χ1v) is 9.27. The van der Waals surface area contributed by atoms with E-state index >= 15 is 0 Å². The monoisotopic (exact) mass is 400 g/mol. The largest absolute Gasteiger partial charge is 0.507 e. The first kappa shape index (κ1) is 22.6. The van der Waals surface area contributed by atoms with Crippen molar-refractivity contribution in [2.45, 2.75) is 46.3 Å². The van der Waals surface area contributed by atoms with Gasteiger partial charge in [0, 0.05) is 30.8 Å². The summed E-state index contributed by atoms with van der Waals surface area (Å²) < 4.78 is 10.4. The Morgan fingerprint density at radius 1 is 0.793 bits per heavy atom. The van der Waals surface area contributed by atoms with E-state index < -0.39 is 5.41 Å². The van der Waals surface area contributed by atoms with Crippen LogP contribution in [0.1, 0.15) is 70.7 Å². The van der Waals surface area contributed by atoms with E-state index in [-0.39, 0.29) is 47.4 Å². The van der Waals surface area contributed by atoms with Crippen LogP contribution in [0.5, 0.6) is 11.5 Å². The number of carbonyl (C=O) groups excluding carboxylic acids is 2. The van der Waals surface area contributed by atoms with Crippen molar-refractivity contribution in [2.24, 2.45) is 0 Å². The molecule has 156 valence electrons. The number of carbonyl (C=O) groups is 2. The third kappa shape index (κ3) is 4.49. The number of ketones is 2. The van der Waals surface area contributed by atoms with E-state index in [0.717, 1.165) is 5.56 Å². The van der Waals surface area contributed by atoms with Crippen molar-refractivity contribution in [2.75, 3.05) is 14.2 Å². The summed E-state index contributed by atoms with van der Waals surface area (Å²) in [5.74, 6) is -0.829. The summed E-state index contributed by atoms with van der Waals surface area (Å²) in [6, 6.07) is 6.91. The molecule has 0 bridgehead atoms. The normalized spacial score (nSPS) is 11.5. The Hall–Kier alpha value is -2.70. The Labute approximate surface area is 171 Å². The molecule has 0 saturated heterocycles. The van der Waals surface area contributed by atoms with E-state index in [1.165, 1.54) is 13.8 Å². The van der Waals surface area contributed by atoms with Crippen molar-refractivity contribution < 1.29 is 29.3 Å². The minimum Gasteiger partial charge on any atom is -0.507 e. The summed E-state index contributed by atoms with van der Waals surface area (Å²) >= 11 is 0. The number of rotatable bonds is 8. The van der Waals surface area contributed by atoms with E-state index in [0.29, 0.717) is 16.7 Å². The fourth-order valence-electron chi connectivity index (χ4n) is 3.35. The molecule has 0 radical (unpaired) electrons. The van der Waals surface area contributed by atoms with Gasteiger partial charge in [0.2, 0.25) is 0 Å². The van der Waals surface area contributed by atoms with E-state index in [9.17, 15) is 19.8 Å². The number of hydrogen-bond acceptors (Lipinski definition) is 6. The van der Waals surface area contributed by atoms with Gasteiger partial charge >= 0.3 is 0 Å². The molecule has 0 aliphatic heterocycles. The molecule has 29 heavy (non-hydrogen) atoms. The van der Waals surface area contributed by atoms with Crippen molar-refractivity contribution in [3.05, 3.63) is 57.6 Å². The molecular formula is C23H28O6. The fourth-order valence-corrected chi connectivity index (χ4v) is 3.35. The predicted octanol–water partition coefficient (Wildman–Crippen LogP) is 4.12. The summed E-state index contributed by atoms with van der Waals surface area (Å²) in [7, 11) is 3.09. The van der Waals surface area contributed by atoms with Crippen molar-refractivity contribution in [3.63, 3.8) is 0 Å². The molecule has 0 fully saturated rings. The van der Waals surface area contributed by atoms with E-state index in [1.807, 2.05) is 26.0 Å². The molecular weight excluding hydrogens is 372 g/mol. The molecule has 2 rings (SSSR count). The molecule has 0 heterocycles. The maximum absolute atomic E-state index is 12.0. The average molecular weight is 400 g/mol. The van der Waals surface area contributed by atoms with E-state index in [4.69, 9.17) is 9.47 Å². The highest BCUT2D eigenvalue weighted by molar-refractivity contribution is 6.04. The standard InChI is InChI=1S/C23H28O6/c1-13(24)19-9-18(10-20(14(2)25)22(19)27)23(3,4)17-7-15(11-28-5)21(26)16(8-17)12-29-6/h7-10,26-27H,11-12H2,1-6H3. The lowest BCUT2D eigenvalue weighted by Gasteiger charge is -2.29. The highest BCUT2D eigenvalue weighted by Gasteiger charge is 2.29. The van der Waals surface area contributed by atoms with Crippen molar-refractivity contribution >= 4 is 11.6 Å². The zero-order valence-electron chi connectivity index (χ0n) is 17.8. The number of phenolic OH excluding ortho intramolecular Hbond substituents is 2. The molecule has 2 N–H and O–H groups in total. The maximum Gasteiger partial charge on any atom is 0.163 e. The number of benzene rings is 2. The number of hydrogen-bond donors (Lipinski definition) is 2. The third-order valence-electron chi connectivity index (χ3n) is 5.18. The molecule has 0 spiro atoms. The zero-order chi connectivity index (χ0) is 21.9. The molecule has 0 amide bonds. The highest BCUT2D eigenvalue weighted by atomic mass is 16.5. The van der Waals surface area contributed by atoms with Gasteiger partial charge in [0.25, 0.3) is 0 Å². The molecule has 0 unspecified atom stereocenters. The predicted molar refractivity (Wildman–Crippen MR) is 110 cm³/mol. The molecule has 2 aromatic carbocycles. The second-order valence-electron chi connectivity index (χ2n) is 7.67. The van der Waals surface area contributed by atoms with Gasteiger partial charge in [-0.25, -0.2) is 0 Å². The number of aromatic hydroxyl groups is 2. The molecule has 0 atom stereocenters. The van der Waals surface area contributed by atoms with E-state index in [2.05, 4.69) is 0 Å². The topological polar surface area (TPSA) is 93.1 Å². The third-order valence-corrected chi connectivity index (χ3v) is 5.18. The van der Waals surface area contributed by atoms with Gasteiger partial charge in [0.15, 0.2) is 11.6 Å². The van der Waals surface area contributed by atoms with Gasteiger partial charge in [0.05, 0.1) is 24.3 Å². The zero-order valence-corrected chi connectivity index (χ0v) is 17.8. The lowest BCUT2D eigenvalue weighted by atomic mass is 9.75. The van der Waals surface area contributed by atoms with Crippen LogP contribution in [0.25, 0.3) is 0 Å². The average Bonchev–Trinajstić information content (AvgIpc) is 2.64. The van der Waals surface area contributed by atoms with Gasteiger partial charge in [-0.1, -0.05) is 13.8 Å². The number of methoxy groups -OCH3 is 2. The summed E-state index contributed by atoms with van der Waals surface area (Å²) in [4.78, 5) is 24.1. The van der Waals surface area contributed by atoms with Gasteiger partial charge in [-0.05, 0) is 49.2 Å². The fraction of sp³-hybridized carbons (Fsp3) is 0.391. The maximum atomic E-state index is 12.0. The Balaban J connectivity index is 2.75. The van der Waals surface area contributed by atoms with Crippen LogP contribution in [0, 0.1) is 0 Å². The van der Waals surface area contributed by atoms with Gasteiger partial charge in [-0.3, -0.25) is 9.59 Å². The summed E-state index contributed by atoms with van der Waals surface area (Å²) in [5, 5.41) is 20.8. The number of phenols is 2. The van der Waals surface area contributed by atoms with Crippen LogP contribution in [0.3, 0.4) is 0 Å². The Bertz CT molecular complexity index is 880. The molecule has 0 aliphatic carbocycles. The molecule has 6 heteroatoms. The van der Waals surface area contributed by atoms with Crippen LogP contribution in [-0.2, 0) is 28.1 Å². The van der Waals surface area contributed by atoms with Crippen LogP contribution < -0.4 is 0 Å². The lowest BCUT2D eigenvalue weighted by molar-refractivity contribution is 0.101. The smallest absolute Gasteiger partial charge is 0.163 e. The second kappa shape index (κ2) is 8.76. The van der Waals surface area contributed by atoms with Crippen LogP contribution >= 0.6 is 0 Å². The van der Waals surface area contributed by atoms with Crippen molar-refractivity contribution in [1.82, 2.24) is 0 Å². The van der Waals surface area contributed by atoms with Gasteiger partial charge in [-0.15, -0.1) is 0 Å². The summed E-state index contributed by atoms with van der Waals surface area (Å²) in [6.07, 6.45) is 0. The molecule has 6 nitrogen and oxygen atoms in total. The molecule has 0 aliphatic rings. The van der Waals surface area contributed by atoms with Crippen molar-refractivity contribution in [3.8, 4) is 11.5 Å². The summed E-state index contributed by atoms with van der Waals surface area (Å²) in [5.41, 5.74) is 2.35. The van der Waals surface area contributed by atoms with Crippen LogP contribution in [0.2, 0.25) is 0 Å². The first-order chi connectivity index (χ1) is 13.5. The van der Waals surface area contributed by atoms with Crippen molar-refractivity contribution in [1.29, 1.82) is 0 Å². The van der Waals surface area contributed by atoms with Gasteiger partial charge in [0.1, 0.15) is 11.5 Å². The first-order valence-electron chi connectivity index (χ1n) is 9.27. The molecule has 0 aromatic heterocycles. The van der Waals surface area contributed by atoms with Crippen LogP contribution in [-0.4, -0.2) is 36.0 Å². The number of Topliss-reactive ketones (excluding diaryl/α,β-unsaturated/α-hetero) is 2. The van der Waals surface area contributed by atoms with Gasteiger partial charge in [-0.2, -0.15) is 0 Å². The van der Waals surface area contributed by atoms with Gasteiger partial charge < -0.3 is 19.7 Å². The minimum atomic E-state index is -0.638. The van der Waals surface area contributed by atoms with E-state index in [1.54, 1.807) is 26.4 Å². The SMILES string of the molecule is COCc1cc(C(C)(C)c2cc(C(C)=O)c(O)c(C(C)=O)c2)cc(COC)c1O.